The summed E-state index contributed by atoms with van der Waals surface area (Å²) in [5.74, 6) is 0.402. The van der Waals surface area contributed by atoms with Gasteiger partial charge in [0.2, 0.25) is 0 Å². The summed E-state index contributed by atoms with van der Waals surface area (Å²) in [6, 6.07) is 14.4. The number of hydrogen-bond acceptors (Lipinski definition) is 2. The van der Waals surface area contributed by atoms with Crippen LogP contribution in [-0.4, -0.2) is 16.8 Å². The lowest BCUT2D eigenvalue weighted by atomic mass is 9.74. The van der Waals surface area contributed by atoms with E-state index in [0.717, 1.165) is 28.7 Å². The van der Waals surface area contributed by atoms with Crippen LogP contribution in [0.25, 0.3) is 0 Å². The first-order chi connectivity index (χ1) is 11.9. The van der Waals surface area contributed by atoms with Gasteiger partial charge >= 0.3 is 0 Å². The van der Waals surface area contributed by atoms with Crippen molar-refractivity contribution in [1.82, 2.24) is 0 Å². The maximum Gasteiger partial charge on any atom is 0.123 e. The molecule has 1 atom stereocenters. The maximum absolute atomic E-state index is 10.9. The summed E-state index contributed by atoms with van der Waals surface area (Å²) in [5, 5.41) is 21.1. The summed E-state index contributed by atoms with van der Waals surface area (Å²) in [6.07, 6.45) is 0.722. The molecular formula is C24H34O2. The van der Waals surface area contributed by atoms with Crippen LogP contribution in [0.15, 0.2) is 42.5 Å². The molecule has 0 radical (unpaired) electrons. The Bertz CT molecular complexity index is 713. The van der Waals surface area contributed by atoms with Gasteiger partial charge in [0.15, 0.2) is 0 Å². The smallest absolute Gasteiger partial charge is 0.123 e. The van der Waals surface area contributed by atoms with E-state index >= 15 is 0 Å². The Hall–Kier alpha value is -1.80. The van der Waals surface area contributed by atoms with Crippen molar-refractivity contribution in [2.24, 2.45) is 0 Å². The Morgan fingerprint density at radius 1 is 0.769 bits per heavy atom. The molecule has 2 aromatic carbocycles. The Labute approximate surface area is 158 Å². The molecule has 26 heavy (non-hydrogen) atoms. The lowest BCUT2D eigenvalue weighted by molar-refractivity contribution is 0.204. The molecule has 0 aliphatic carbocycles. The lowest BCUT2D eigenvalue weighted by Crippen LogP contribution is -2.30. The van der Waals surface area contributed by atoms with Gasteiger partial charge in [-0.25, -0.2) is 0 Å². The number of aromatic hydroxyl groups is 1. The zero-order chi connectivity index (χ0) is 19.8. The first-order valence-electron chi connectivity index (χ1n) is 9.42. The van der Waals surface area contributed by atoms with E-state index in [1.165, 1.54) is 0 Å². The highest BCUT2D eigenvalue weighted by Gasteiger charge is 2.30. The topological polar surface area (TPSA) is 40.5 Å². The van der Waals surface area contributed by atoms with Crippen molar-refractivity contribution in [1.29, 1.82) is 0 Å². The normalized spacial score (nSPS) is 14.9. The highest BCUT2D eigenvalue weighted by atomic mass is 16.3. The molecule has 2 N–H and O–H groups in total. The summed E-state index contributed by atoms with van der Waals surface area (Å²) in [7, 11) is 0. The Morgan fingerprint density at radius 2 is 1.23 bits per heavy atom. The number of phenols is 1. The Kier molecular flexibility index (Phi) is 5.58. The molecule has 142 valence electrons. The predicted molar refractivity (Wildman–Crippen MR) is 110 cm³/mol. The zero-order valence-electron chi connectivity index (χ0n) is 17.4. The molecule has 1 unspecified atom stereocenters. The summed E-state index contributed by atoms with van der Waals surface area (Å²) in [5.41, 5.74) is 3.55. The van der Waals surface area contributed by atoms with Crippen molar-refractivity contribution in [3.05, 3.63) is 64.7 Å². The molecule has 0 saturated heterocycles. The van der Waals surface area contributed by atoms with E-state index in [4.69, 9.17) is 0 Å². The van der Waals surface area contributed by atoms with Crippen LogP contribution in [0.1, 0.15) is 70.7 Å². The van der Waals surface area contributed by atoms with Crippen LogP contribution >= 0.6 is 0 Å². The van der Waals surface area contributed by atoms with Crippen molar-refractivity contribution >= 4 is 0 Å². The molecule has 0 fully saturated rings. The molecule has 0 spiro atoms. The minimum absolute atomic E-state index is 0.0770. The molecule has 0 heterocycles. The molecule has 2 heteroatoms. The highest BCUT2D eigenvalue weighted by Crippen LogP contribution is 2.41. The van der Waals surface area contributed by atoms with Crippen LogP contribution in [0, 0.1) is 0 Å². The van der Waals surface area contributed by atoms with E-state index in [1.54, 1.807) is 0 Å². The van der Waals surface area contributed by atoms with Crippen LogP contribution in [0.5, 0.6) is 5.75 Å². The fraction of sp³-hybridized carbons (Fsp3) is 0.500. The van der Waals surface area contributed by atoms with Gasteiger partial charge in [0.25, 0.3) is 0 Å². The van der Waals surface area contributed by atoms with Gasteiger partial charge in [0, 0.05) is 5.41 Å². The van der Waals surface area contributed by atoms with Gasteiger partial charge in [0.1, 0.15) is 5.75 Å². The first kappa shape index (κ1) is 20.5. The number of aliphatic hydroxyl groups excluding tert-OH is 1. The average molecular weight is 355 g/mol. The average Bonchev–Trinajstić information content (AvgIpc) is 2.55. The third-order valence-electron chi connectivity index (χ3n) is 5.20. The maximum atomic E-state index is 10.9. The van der Waals surface area contributed by atoms with E-state index in [1.807, 2.05) is 18.2 Å². The van der Waals surface area contributed by atoms with Gasteiger partial charge in [-0.05, 0) is 39.5 Å². The second kappa shape index (κ2) is 7.08. The number of benzene rings is 2. The third kappa shape index (κ3) is 4.29. The summed E-state index contributed by atoms with van der Waals surface area (Å²) >= 11 is 0. The van der Waals surface area contributed by atoms with E-state index in [9.17, 15) is 10.2 Å². The summed E-state index contributed by atoms with van der Waals surface area (Å²) in [4.78, 5) is 0. The zero-order valence-corrected chi connectivity index (χ0v) is 17.4. The number of phenolic OH excluding ortho intramolecular Hbond substituents is 1. The van der Waals surface area contributed by atoms with Crippen molar-refractivity contribution < 1.29 is 10.2 Å². The molecule has 0 aliphatic rings. The predicted octanol–water partition coefficient (Wildman–Crippen LogP) is 5.48. The van der Waals surface area contributed by atoms with Crippen molar-refractivity contribution in [3.8, 4) is 5.75 Å². The second-order valence-corrected chi connectivity index (χ2v) is 9.80. The molecule has 0 aromatic heterocycles. The molecule has 2 aromatic rings. The van der Waals surface area contributed by atoms with E-state index < -0.39 is 0 Å². The third-order valence-corrected chi connectivity index (χ3v) is 5.20. The molecule has 2 nitrogen and oxygen atoms in total. The quantitative estimate of drug-likeness (QED) is 0.763. The summed E-state index contributed by atoms with van der Waals surface area (Å²) in [6.45, 7) is 14.9. The molecule has 0 aliphatic heterocycles. The van der Waals surface area contributed by atoms with Crippen LogP contribution in [-0.2, 0) is 22.7 Å². The monoisotopic (exact) mass is 354 g/mol. The number of rotatable bonds is 4. The molecular weight excluding hydrogens is 320 g/mol. The van der Waals surface area contributed by atoms with Crippen LogP contribution in [0.2, 0.25) is 0 Å². The molecule has 0 amide bonds. The largest absolute Gasteiger partial charge is 0.507 e. The lowest BCUT2D eigenvalue weighted by Gasteiger charge is -2.32. The van der Waals surface area contributed by atoms with Gasteiger partial charge in [-0.3, -0.25) is 0 Å². The van der Waals surface area contributed by atoms with Gasteiger partial charge in [-0.2, -0.15) is 0 Å². The van der Waals surface area contributed by atoms with Crippen molar-refractivity contribution in [3.63, 3.8) is 0 Å². The first-order valence-corrected chi connectivity index (χ1v) is 9.42. The molecule has 0 saturated carbocycles. The van der Waals surface area contributed by atoms with Gasteiger partial charge in [-0.1, -0.05) is 90.9 Å². The highest BCUT2D eigenvalue weighted by molar-refractivity contribution is 5.50. The van der Waals surface area contributed by atoms with E-state index in [0.29, 0.717) is 5.75 Å². The van der Waals surface area contributed by atoms with Crippen molar-refractivity contribution in [2.45, 2.75) is 71.1 Å². The Morgan fingerprint density at radius 3 is 1.62 bits per heavy atom. The fourth-order valence-electron chi connectivity index (χ4n) is 3.48. The van der Waals surface area contributed by atoms with Gasteiger partial charge < -0.3 is 10.2 Å². The second-order valence-electron chi connectivity index (χ2n) is 9.80. The minimum atomic E-state index is -0.359. The Balaban J connectivity index is 2.59. The van der Waals surface area contributed by atoms with Crippen LogP contribution in [0.3, 0.4) is 0 Å². The van der Waals surface area contributed by atoms with Crippen LogP contribution in [0.4, 0.5) is 0 Å². The van der Waals surface area contributed by atoms with Crippen LogP contribution < -0.4 is 0 Å². The minimum Gasteiger partial charge on any atom is -0.507 e. The number of aliphatic hydroxyl groups is 1. The fourth-order valence-corrected chi connectivity index (χ4v) is 3.48. The van der Waals surface area contributed by atoms with Gasteiger partial charge in [0.05, 0.1) is 6.61 Å². The standard InChI is InChI=1S/C24H34O2/c1-22(2,3)19-13-17(14-20(21(19)26)23(4,5)6)15-24(7,16-25)18-11-9-8-10-12-18/h8-14,25-26H,15-16H2,1-7H3. The summed E-state index contributed by atoms with van der Waals surface area (Å²) < 4.78 is 0. The number of hydrogen-bond donors (Lipinski definition) is 2. The van der Waals surface area contributed by atoms with Crippen molar-refractivity contribution in [2.75, 3.05) is 6.61 Å². The molecule has 0 bridgehead atoms. The van der Waals surface area contributed by atoms with Gasteiger partial charge in [-0.15, -0.1) is 0 Å². The molecule has 2 rings (SSSR count). The van der Waals surface area contributed by atoms with E-state index in [2.05, 4.69) is 72.7 Å². The SMILES string of the molecule is CC(C)(C)c1cc(CC(C)(CO)c2ccccc2)cc(C(C)(C)C)c1O. The van der Waals surface area contributed by atoms with E-state index in [-0.39, 0.29) is 22.9 Å².